The van der Waals surface area contributed by atoms with E-state index in [1.807, 2.05) is 18.0 Å². The lowest BCUT2D eigenvalue weighted by atomic mass is 10.1. The second kappa shape index (κ2) is 6.57. The molecule has 0 aliphatic carbocycles. The molecule has 0 unspecified atom stereocenters. The highest BCUT2D eigenvalue weighted by Crippen LogP contribution is 2.27. The summed E-state index contributed by atoms with van der Waals surface area (Å²) in [5.74, 6) is -0.240. The minimum absolute atomic E-state index is 0.240. The lowest BCUT2D eigenvalue weighted by molar-refractivity contribution is 0.196. The fourth-order valence-corrected chi connectivity index (χ4v) is 1.88. The first-order valence-corrected chi connectivity index (χ1v) is 5.82. The fraction of sp³-hybridized carbons (Fsp3) is 0.538. The molecule has 0 aliphatic heterocycles. The Morgan fingerprint density at radius 2 is 2.18 bits per heavy atom. The number of halogens is 1. The summed E-state index contributed by atoms with van der Waals surface area (Å²) in [7, 11) is 3.62. The number of benzene rings is 1. The Morgan fingerprint density at radius 3 is 2.76 bits per heavy atom. The van der Waals surface area contributed by atoms with Crippen LogP contribution in [0.4, 0.5) is 10.1 Å². The number of methoxy groups -OCH3 is 1. The van der Waals surface area contributed by atoms with Gasteiger partial charge in [0.2, 0.25) is 0 Å². The molecular formula is C13H21FN2O. The standard InChI is InChI=1S/C13H21FN2O/c1-10(15)13-11(14)6-4-7-12(13)16(2)8-5-9-17-3/h4,6-7,10H,5,8-9,15H2,1-3H3/t10-/m0/s1. The van der Waals surface area contributed by atoms with Crippen LogP contribution in [0.1, 0.15) is 24.9 Å². The SMILES string of the molecule is COCCCN(C)c1cccc(F)c1[C@H](C)N. The third-order valence-electron chi connectivity index (χ3n) is 2.74. The van der Waals surface area contributed by atoms with E-state index in [-0.39, 0.29) is 11.9 Å². The predicted molar refractivity (Wildman–Crippen MR) is 68.8 cm³/mol. The maximum absolute atomic E-state index is 13.7. The van der Waals surface area contributed by atoms with Crippen molar-refractivity contribution >= 4 is 5.69 Å². The summed E-state index contributed by atoms with van der Waals surface area (Å²) in [5.41, 5.74) is 7.25. The van der Waals surface area contributed by atoms with Crippen molar-refractivity contribution in [2.75, 3.05) is 32.2 Å². The Bertz CT molecular complexity index is 355. The van der Waals surface area contributed by atoms with E-state index in [2.05, 4.69) is 0 Å². The van der Waals surface area contributed by atoms with E-state index < -0.39 is 0 Å². The predicted octanol–water partition coefficient (Wildman–Crippen LogP) is 2.32. The number of nitrogens with two attached hydrogens (primary N) is 1. The molecule has 0 fully saturated rings. The first-order valence-electron chi connectivity index (χ1n) is 5.82. The Hall–Kier alpha value is -1.13. The molecule has 0 bridgehead atoms. The van der Waals surface area contributed by atoms with Gasteiger partial charge >= 0.3 is 0 Å². The highest BCUT2D eigenvalue weighted by atomic mass is 19.1. The quantitative estimate of drug-likeness (QED) is 0.775. The van der Waals surface area contributed by atoms with E-state index in [0.29, 0.717) is 12.2 Å². The molecule has 1 atom stereocenters. The van der Waals surface area contributed by atoms with Gasteiger partial charge in [0.25, 0.3) is 0 Å². The molecule has 1 aromatic carbocycles. The van der Waals surface area contributed by atoms with Gasteiger partial charge in [0, 0.05) is 44.6 Å². The molecule has 0 spiro atoms. The molecule has 96 valence electrons. The van der Waals surface area contributed by atoms with Crippen LogP contribution in [0, 0.1) is 5.82 Å². The monoisotopic (exact) mass is 240 g/mol. The van der Waals surface area contributed by atoms with Crippen molar-refractivity contribution < 1.29 is 9.13 Å². The number of ether oxygens (including phenoxy) is 1. The van der Waals surface area contributed by atoms with Crippen LogP contribution in [0.25, 0.3) is 0 Å². The summed E-state index contributed by atoms with van der Waals surface area (Å²) in [4.78, 5) is 2.01. The van der Waals surface area contributed by atoms with Crippen LogP contribution in [-0.4, -0.2) is 27.3 Å². The van der Waals surface area contributed by atoms with E-state index in [1.54, 1.807) is 20.1 Å². The topological polar surface area (TPSA) is 38.5 Å². The highest BCUT2D eigenvalue weighted by Gasteiger charge is 2.14. The van der Waals surface area contributed by atoms with Crippen molar-refractivity contribution in [3.05, 3.63) is 29.6 Å². The van der Waals surface area contributed by atoms with Gasteiger partial charge in [-0.05, 0) is 25.5 Å². The molecule has 1 aromatic rings. The van der Waals surface area contributed by atoms with Crippen molar-refractivity contribution in [2.45, 2.75) is 19.4 Å². The summed E-state index contributed by atoms with van der Waals surface area (Å²) in [6.45, 7) is 3.31. The van der Waals surface area contributed by atoms with Crippen LogP contribution in [0.3, 0.4) is 0 Å². The zero-order valence-corrected chi connectivity index (χ0v) is 10.7. The van der Waals surface area contributed by atoms with Crippen LogP contribution >= 0.6 is 0 Å². The van der Waals surface area contributed by atoms with Crippen LogP contribution in [0.15, 0.2) is 18.2 Å². The normalized spacial score (nSPS) is 12.5. The van der Waals surface area contributed by atoms with Crippen LogP contribution in [0.2, 0.25) is 0 Å². The number of rotatable bonds is 6. The van der Waals surface area contributed by atoms with Crippen molar-refractivity contribution in [3.8, 4) is 0 Å². The van der Waals surface area contributed by atoms with Gasteiger partial charge in [-0.2, -0.15) is 0 Å². The van der Waals surface area contributed by atoms with Crippen LogP contribution in [0.5, 0.6) is 0 Å². The van der Waals surface area contributed by atoms with E-state index in [1.165, 1.54) is 6.07 Å². The molecule has 0 amide bonds. The Labute approximate surface area is 102 Å². The Morgan fingerprint density at radius 1 is 1.47 bits per heavy atom. The van der Waals surface area contributed by atoms with Crippen LogP contribution < -0.4 is 10.6 Å². The molecule has 2 N–H and O–H groups in total. The van der Waals surface area contributed by atoms with E-state index in [0.717, 1.165) is 18.7 Å². The fourth-order valence-electron chi connectivity index (χ4n) is 1.88. The maximum Gasteiger partial charge on any atom is 0.130 e. The van der Waals surface area contributed by atoms with Crippen molar-refractivity contribution in [1.82, 2.24) is 0 Å². The average Bonchev–Trinajstić information content (AvgIpc) is 2.28. The largest absolute Gasteiger partial charge is 0.385 e. The molecule has 0 saturated heterocycles. The summed E-state index contributed by atoms with van der Waals surface area (Å²) < 4.78 is 18.7. The van der Waals surface area contributed by atoms with Gasteiger partial charge in [-0.15, -0.1) is 0 Å². The molecule has 17 heavy (non-hydrogen) atoms. The van der Waals surface area contributed by atoms with Gasteiger partial charge < -0.3 is 15.4 Å². The Balaban J connectivity index is 2.85. The van der Waals surface area contributed by atoms with Crippen molar-refractivity contribution in [2.24, 2.45) is 5.73 Å². The second-order valence-corrected chi connectivity index (χ2v) is 4.23. The summed E-state index contributed by atoms with van der Waals surface area (Å²) in [6.07, 6.45) is 0.905. The summed E-state index contributed by atoms with van der Waals surface area (Å²) in [5, 5.41) is 0. The highest BCUT2D eigenvalue weighted by molar-refractivity contribution is 5.54. The van der Waals surface area contributed by atoms with Gasteiger partial charge in [0.1, 0.15) is 5.82 Å². The Kier molecular flexibility index (Phi) is 5.38. The van der Waals surface area contributed by atoms with Gasteiger partial charge in [-0.3, -0.25) is 0 Å². The van der Waals surface area contributed by atoms with E-state index in [4.69, 9.17) is 10.5 Å². The number of hydrogen-bond acceptors (Lipinski definition) is 3. The molecule has 3 nitrogen and oxygen atoms in total. The molecule has 0 aliphatic rings. The lowest BCUT2D eigenvalue weighted by Gasteiger charge is -2.24. The van der Waals surface area contributed by atoms with Crippen molar-refractivity contribution in [1.29, 1.82) is 0 Å². The third-order valence-corrected chi connectivity index (χ3v) is 2.74. The third kappa shape index (κ3) is 3.68. The van der Waals surface area contributed by atoms with E-state index >= 15 is 0 Å². The summed E-state index contributed by atoms with van der Waals surface area (Å²) in [6, 6.07) is 4.75. The van der Waals surface area contributed by atoms with Gasteiger partial charge in [0.15, 0.2) is 0 Å². The van der Waals surface area contributed by atoms with Gasteiger partial charge in [-0.25, -0.2) is 4.39 Å². The molecule has 0 heterocycles. The number of anilines is 1. The number of hydrogen-bond donors (Lipinski definition) is 1. The molecule has 0 radical (unpaired) electrons. The molecular weight excluding hydrogens is 219 g/mol. The van der Waals surface area contributed by atoms with Gasteiger partial charge in [-0.1, -0.05) is 6.07 Å². The lowest BCUT2D eigenvalue weighted by Crippen LogP contribution is -2.23. The van der Waals surface area contributed by atoms with Crippen molar-refractivity contribution in [3.63, 3.8) is 0 Å². The number of nitrogens with zero attached hydrogens (tertiary/aromatic N) is 1. The summed E-state index contributed by atoms with van der Waals surface area (Å²) >= 11 is 0. The average molecular weight is 240 g/mol. The minimum atomic E-state index is -0.309. The molecule has 1 rings (SSSR count). The molecule has 0 saturated carbocycles. The first kappa shape index (κ1) is 13.9. The molecule has 0 aromatic heterocycles. The maximum atomic E-state index is 13.7. The smallest absolute Gasteiger partial charge is 0.130 e. The first-order chi connectivity index (χ1) is 8.07. The van der Waals surface area contributed by atoms with E-state index in [9.17, 15) is 4.39 Å². The van der Waals surface area contributed by atoms with Gasteiger partial charge in [0.05, 0.1) is 0 Å². The zero-order valence-electron chi connectivity index (χ0n) is 10.7. The molecule has 4 heteroatoms. The zero-order chi connectivity index (χ0) is 12.8. The minimum Gasteiger partial charge on any atom is -0.385 e. The van der Waals surface area contributed by atoms with Crippen LogP contribution in [-0.2, 0) is 4.74 Å². The second-order valence-electron chi connectivity index (χ2n) is 4.23.